The van der Waals surface area contributed by atoms with Gasteiger partial charge in [-0.1, -0.05) is 17.9 Å². The van der Waals surface area contributed by atoms with Gasteiger partial charge in [0.2, 0.25) is 0 Å². The van der Waals surface area contributed by atoms with Gasteiger partial charge in [-0.05, 0) is 38.5 Å². The van der Waals surface area contributed by atoms with Gasteiger partial charge >= 0.3 is 0 Å². The summed E-state index contributed by atoms with van der Waals surface area (Å²) in [4.78, 5) is 12.2. The summed E-state index contributed by atoms with van der Waals surface area (Å²) >= 11 is 0. The smallest absolute Gasteiger partial charge is 0.251 e. The van der Waals surface area contributed by atoms with Crippen molar-refractivity contribution in [3.8, 4) is 11.8 Å². The van der Waals surface area contributed by atoms with E-state index in [4.69, 9.17) is 10.5 Å². The Labute approximate surface area is 120 Å². The molecule has 108 valence electrons. The molecule has 0 aliphatic carbocycles. The minimum Gasteiger partial charge on any atom is -0.382 e. The zero-order chi connectivity index (χ0) is 15.2. The van der Waals surface area contributed by atoms with Crippen molar-refractivity contribution in [1.82, 2.24) is 5.32 Å². The maximum atomic E-state index is 12.2. The van der Waals surface area contributed by atoms with Crippen molar-refractivity contribution in [1.29, 1.82) is 0 Å². The lowest BCUT2D eigenvalue weighted by atomic mass is 10.0. The van der Waals surface area contributed by atoms with E-state index in [1.54, 1.807) is 19.2 Å². The van der Waals surface area contributed by atoms with E-state index in [1.807, 2.05) is 26.8 Å². The van der Waals surface area contributed by atoms with Crippen LogP contribution in [0, 0.1) is 18.8 Å². The lowest BCUT2D eigenvalue weighted by Gasteiger charge is -2.25. The molecule has 1 aromatic rings. The molecule has 3 N–H and O–H groups in total. The van der Waals surface area contributed by atoms with E-state index in [1.165, 1.54) is 0 Å². The number of ether oxygens (including phenoxy) is 1. The number of carbonyl (C=O) groups is 1. The summed E-state index contributed by atoms with van der Waals surface area (Å²) < 4.78 is 5.09. The summed E-state index contributed by atoms with van der Waals surface area (Å²) in [5.74, 6) is 5.65. The number of benzene rings is 1. The zero-order valence-corrected chi connectivity index (χ0v) is 12.5. The second-order valence-electron chi connectivity index (χ2n) is 5.31. The maximum absolute atomic E-state index is 12.2. The Bertz CT molecular complexity index is 539. The predicted molar refractivity (Wildman–Crippen MR) is 80.5 cm³/mol. The fourth-order valence-corrected chi connectivity index (χ4v) is 1.82. The van der Waals surface area contributed by atoms with E-state index in [0.29, 0.717) is 18.7 Å². The Balaban J connectivity index is 2.94. The van der Waals surface area contributed by atoms with Crippen LogP contribution in [0.5, 0.6) is 0 Å². The standard InChI is InChI=1S/C16H22N2O2/c1-12-7-8-14(10-13(12)6-5-9-17)15(19)18-16(2,3)11-20-4/h7-8,10H,9,11,17H2,1-4H3,(H,18,19). The topological polar surface area (TPSA) is 64.3 Å². The molecule has 20 heavy (non-hydrogen) atoms. The average Bonchev–Trinajstić information content (AvgIpc) is 2.37. The Morgan fingerprint density at radius 3 is 2.75 bits per heavy atom. The summed E-state index contributed by atoms with van der Waals surface area (Å²) in [6.07, 6.45) is 0. The molecular formula is C16H22N2O2. The number of hydrogen-bond acceptors (Lipinski definition) is 3. The molecular weight excluding hydrogens is 252 g/mol. The number of methoxy groups -OCH3 is 1. The molecule has 1 rings (SSSR count). The summed E-state index contributed by atoms with van der Waals surface area (Å²) in [6.45, 7) is 6.54. The highest BCUT2D eigenvalue weighted by atomic mass is 16.5. The van der Waals surface area contributed by atoms with Crippen LogP contribution in [0.25, 0.3) is 0 Å². The largest absolute Gasteiger partial charge is 0.382 e. The summed E-state index contributed by atoms with van der Waals surface area (Å²) in [6, 6.07) is 5.47. The number of aryl methyl sites for hydroxylation is 1. The van der Waals surface area contributed by atoms with Gasteiger partial charge in [-0.3, -0.25) is 4.79 Å². The highest BCUT2D eigenvalue weighted by Gasteiger charge is 2.21. The number of rotatable bonds is 4. The average molecular weight is 274 g/mol. The first kappa shape index (κ1) is 16.2. The Hall–Kier alpha value is -1.83. The molecule has 1 aromatic carbocycles. The number of nitrogens with one attached hydrogen (secondary N) is 1. The monoisotopic (exact) mass is 274 g/mol. The van der Waals surface area contributed by atoms with Gasteiger partial charge < -0.3 is 15.8 Å². The van der Waals surface area contributed by atoms with E-state index < -0.39 is 5.54 Å². The second kappa shape index (κ2) is 7.09. The van der Waals surface area contributed by atoms with Gasteiger partial charge in [0, 0.05) is 18.2 Å². The van der Waals surface area contributed by atoms with E-state index in [-0.39, 0.29) is 5.91 Å². The Morgan fingerprint density at radius 2 is 2.15 bits per heavy atom. The molecule has 0 heterocycles. The molecule has 0 saturated heterocycles. The zero-order valence-electron chi connectivity index (χ0n) is 12.5. The third kappa shape index (κ3) is 4.69. The van der Waals surface area contributed by atoms with Crippen molar-refractivity contribution < 1.29 is 9.53 Å². The van der Waals surface area contributed by atoms with Crippen LogP contribution >= 0.6 is 0 Å². The van der Waals surface area contributed by atoms with Crippen LogP contribution in [0.1, 0.15) is 35.3 Å². The predicted octanol–water partition coefficient (Wildman–Crippen LogP) is 1.46. The van der Waals surface area contributed by atoms with Crippen LogP contribution in [-0.2, 0) is 4.74 Å². The first-order chi connectivity index (χ1) is 9.39. The van der Waals surface area contributed by atoms with Crippen LogP contribution in [0.2, 0.25) is 0 Å². The SMILES string of the molecule is COCC(C)(C)NC(=O)c1ccc(C)c(C#CCN)c1. The lowest BCUT2D eigenvalue weighted by molar-refractivity contribution is 0.0820. The number of nitrogens with two attached hydrogens (primary N) is 1. The summed E-state index contributed by atoms with van der Waals surface area (Å²) in [7, 11) is 1.61. The van der Waals surface area contributed by atoms with Gasteiger partial charge in [0.1, 0.15) is 0 Å². The van der Waals surface area contributed by atoms with Crippen LogP contribution < -0.4 is 11.1 Å². The van der Waals surface area contributed by atoms with Crippen LogP contribution in [-0.4, -0.2) is 31.7 Å². The first-order valence-corrected chi connectivity index (χ1v) is 6.50. The van der Waals surface area contributed by atoms with E-state index in [0.717, 1.165) is 11.1 Å². The van der Waals surface area contributed by atoms with Crippen molar-refractivity contribution in [3.63, 3.8) is 0 Å². The van der Waals surface area contributed by atoms with E-state index >= 15 is 0 Å². The molecule has 0 unspecified atom stereocenters. The second-order valence-corrected chi connectivity index (χ2v) is 5.31. The van der Waals surface area contributed by atoms with Crippen LogP contribution in [0.3, 0.4) is 0 Å². The molecule has 0 atom stereocenters. The van der Waals surface area contributed by atoms with Gasteiger partial charge in [-0.25, -0.2) is 0 Å². The minimum atomic E-state index is -0.417. The maximum Gasteiger partial charge on any atom is 0.251 e. The van der Waals surface area contributed by atoms with Gasteiger partial charge in [0.25, 0.3) is 5.91 Å². The molecule has 4 heteroatoms. The molecule has 0 bridgehead atoms. The number of amides is 1. The molecule has 0 saturated carbocycles. The fourth-order valence-electron chi connectivity index (χ4n) is 1.82. The van der Waals surface area contributed by atoms with Crippen molar-refractivity contribution in [2.24, 2.45) is 5.73 Å². The fraction of sp³-hybridized carbons (Fsp3) is 0.438. The highest BCUT2D eigenvalue weighted by molar-refractivity contribution is 5.95. The van der Waals surface area contributed by atoms with Crippen molar-refractivity contribution in [3.05, 3.63) is 34.9 Å². The van der Waals surface area contributed by atoms with Gasteiger partial charge in [-0.2, -0.15) is 0 Å². The number of carbonyl (C=O) groups excluding carboxylic acids is 1. The molecule has 0 radical (unpaired) electrons. The van der Waals surface area contributed by atoms with Gasteiger partial charge in [-0.15, -0.1) is 0 Å². The highest BCUT2D eigenvalue weighted by Crippen LogP contribution is 2.12. The molecule has 0 spiro atoms. The van der Waals surface area contributed by atoms with Crippen molar-refractivity contribution in [2.75, 3.05) is 20.3 Å². The van der Waals surface area contributed by atoms with E-state index in [2.05, 4.69) is 17.2 Å². The third-order valence-corrected chi connectivity index (χ3v) is 2.78. The molecule has 0 aliphatic heterocycles. The van der Waals surface area contributed by atoms with Crippen molar-refractivity contribution in [2.45, 2.75) is 26.3 Å². The van der Waals surface area contributed by atoms with E-state index in [9.17, 15) is 4.79 Å². The third-order valence-electron chi connectivity index (χ3n) is 2.78. The van der Waals surface area contributed by atoms with Crippen LogP contribution in [0.4, 0.5) is 0 Å². The lowest BCUT2D eigenvalue weighted by Crippen LogP contribution is -2.46. The molecule has 0 aromatic heterocycles. The molecule has 0 fully saturated rings. The summed E-state index contributed by atoms with van der Waals surface area (Å²) in [5.41, 5.74) is 7.39. The molecule has 0 aliphatic rings. The minimum absolute atomic E-state index is 0.136. The normalized spacial score (nSPS) is 10.7. The van der Waals surface area contributed by atoms with Crippen molar-refractivity contribution >= 4 is 5.91 Å². The Kier molecular flexibility index (Phi) is 5.75. The van der Waals surface area contributed by atoms with Gasteiger partial charge in [0.15, 0.2) is 0 Å². The first-order valence-electron chi connectivity index (χ1n) is 6.50. The van der Waals surface area contributed by atoms with Crippen LogP contribution in [0.15, 0.2) is 18.2 Å². The Morgan fingerprint density at radius 1 is 1.45 bits per heavy atom. The molecule has 1 amide bonds. The quantitative estimate of drug-likeness (QED) is 0.817. The summed E-state index contributed by atoms with van der Waals surface area (Å²) in [5, 5.41) is 2.94. The number of hydrogen-bond donors (Lipinski definition) is 2. The van der Waals surface area contributed by atoms with Gasteiger partial charge in [0.05, 0.1) is 18.7 Å². The molecule has 4 nitrogen and oxygen atoms in total.